The van der Waals surface area contributed by atoms with Gasteiger partial charge in [-0.15, -0.1) is 0 Å². The molecule has 1 aliphatic heterocycles. The van der Waals surface area contributed by atoms with E-state index in [1.165, 1.54) is 64.5 Å². The highest BCUT2D eigenvalue weighted by molar-refractivity contribution is 5.04. The van der Waals surface area contributed by atoms with Crippen molar-refractivity contribution in [2.45, 2.75) is 58.3 Å². The molecule has 2 aliphatic rings. The van der Waals surface area contributed by atoms with E-state index in [0.29, 0.717) is 0 Å². The van der Waals surface area contributed by atoms with Crippen LogP contribution in [0.5, 0.6) is 0 Å². The number of hydrogen-bond acceptors (Lipinski definition) is 1. The first-order valence-corrected chi connectivity index (χ1v) is 7.23. The number of piperidine rings is 1. The molecule has 1 N–H and O–H groups in total. The lowest BCUT2D eigenvalue weighted by Crippen LogP contribution is -2.27. The van der Waals surface area contributed by atoms with Crippen LogP contribution in [0.1, 0.15) is 58.3 Å². The van der Waals surface area contributed by atoms with Crippen molar-refractivity contribution < 1.29 is 0 Å². The van der Waals surface area contributed by atoms with Gasteiger partial charge in [0.15, 0.2) is 0 Å². The molecule has 0 aromatic rings. The molecule has 0 spiro atoms. The molecule has 1 heteroatoms. The predicted molar refractivity (Wildman–Crippen MR) is 70.5 cm³/mol. The van der Waals surface area contributed by atoms with E-state index in [1.807, 2.05) is 0 Å². The zero-order valence-corrected chi connectivity index (χ0v) is 10.8. The Hall–Kier alpha value is -0.300. The smallest absolute Gasteiger partial charge is 0.00463 e. The molecular formula is C15H27N. The second-order valence-corrected chi connectivity index (χ2v) is 5.82. The second-order valence-electron chi connectivity index (χ2n) is 5.82. The molecule has 1 atom stereocenters. The average molecular weight is 221 g/mol. The van der Waals surface area contributed by atoms with E-state index in [4.69, 9.17) is 0 Å². The zero-order chi connectivity index (χ0) is 11.2. The van der Waals surface area contributed by atoms with Crippen molar-refractivity contribution in [2.24, 2.45) is 11.8 Å². The van der Waals surface area contributed by atoms with Gasteiger partial charge in [0.2, 0.25) is 0 Å². The Morgan fingerprint density at radius 1 is 1.19 bits per heavy atom. The molecule has 0 bridgehead atoms. The maximum atomic E-state index is 3.45. The van der Waals surface area contributed by atoms with E-state index in [0.717, 1.165) is 11.8 Å². The molecule has 2 rings (SSSR count). The first-order valence-electron chi connectivity index (χ1n) is 7.23. The zero-order valence-electron chi connectivity index (χ0n) is 10.8. The summed E-state index contributed by atoms with van der Waals surface area (Å²) < 4.78 is 0. The first kappa shape index (κ1) is 12.2. The van der Waals surface area contributed by atoms with Gasteiger partial charge < -0.3 is 5.32 Å². The van der Waals surface area contributed by atoms with Crippen molar-refractivity contribution in [1.29, 1.82) is 0 Å². The molecule has 0 saturated carbocycles. The summed E-state index contributed by atoms with van der Waals surface area (Å²) >= 11 is 0. The third-order valence-corrected chi connectivity index (χ3v) is 4.38. The average Bonchev–Trinajstić information content (AvgIpc) is 2.53. The minimum atomic E-state index is 0.952. The van der Waals surface area contributed by atoms with Crippen LogP contribution in [-0.4, -0.2) is 13.1 Å². The molecule has 0 radical (unpaired) electrons. The number of nitrogens with one attached hydrogen (secondary N) is 1. The summed E-state index contributed by atoms with van der Waals surface area (Å²) in [5.41, 5.74) is 1.77. The van der Waals surface area contributed by atoms with Gasteiger partial charge in [-0.1, -0.05) is 18.6 Å². The fourth-order valence-corrected chi connectivity index (χ4v) is 3.04. The maximum absolute atomic E-state index is 3.45. The summed E-state index contributed by atoms with van der Waals surface area (Å²) in [5, 5.41) is 3.45. The normalized spacial score (nSPS) is 28.6. The Morgan fingerprint density at radius 3 is 2.81 bits per heavy atom. The Morgan fingerprint density at radius 2 is 2.00 bits per heavy atom. The van der Waals surface area contributed by atoms with Gasteiger partial charge >= 0.3 is 0 Å². The van der Waals surface area contributed by atoms with E-state index in [-0.39, 0.29) is 0 Å². The lowest BCUT2D eigenvalue weighted by Gasteiger charge is -2.22. The van der Waals surface area contributed by atoms with Crippen LogP contribution in [0.2, 0.25) is 0 Å². The van der Waals surface area contributed by atoms with Crippen LogP contribution < -0.4 is 5.32 Å². The van der Waals surface area contributed by atoms with Crippen LogP contribution in [0, 0.1) is 11.8 Å². The van der Waals surface area contributed by atoms with Gasteiger partial charge in [0, 0.05) is 0 Å². The van der Waals surface area contributed by atoms with E-state index in [1.54, 1.807) is 5.57 Å². The highest BCUT2D eigenvalue weighted by Gasteiger charge is 2.14. The Balaban J connectivity index is 1.70. The number of allylic oxidation sites excluding steroid dienone is 2. The van der Waals surface area contributed by atoms with Crippen LogP contribution in [0.4, 0.5) is 0 Å². The van der Waals surface area contributed by atoms with Crippen LogP contribution in [0.3, 0.4) is 0 Å². The lowest BCUT2D eigenvalue weighted by atomic mass is 9.90. The monoisotopic (exact) mass is 221 g/mol. The van der Waals surface area contributed by atoms with Gasteiger partial charge in [-0.25, -0.2) is 0 Å². The van der Waals surface area contributed by atoms with Crippen molar-refractivity contribution in [2.75, 3.05) is 13.1 Å². The summed E-state index contributed by atoms with van der Waals surface area (Å²) in [6, 6.07) is 0. The largest absolute Gasteiger partial charge is 0.317 e. The minimum Gasteiger partial charge on any atom is -0.317 e. The summed E-state index contributed by atoms with van der Waals surface area (Å²) in [5.74, 6) is 1.95. The van der Waals surface area contributed by atoms with E-state index < -0.39 is 0 Å². The van der Waals surface area contributed by atoms with Crippen LogP contribution in [-0.2, 0) is 0 Å². The summed E-state index contributed by atoms with van der Waals surface area (Å²) in [6.07, 6.45) is 13.8. The van der Waals surface area contributed by atoms with Gasteiger partial charge in [-0.05, 0) is 76.3 Å². The molecule has 1 unspecified atom stereocenters. The third kappa shape index (κ3) is 3.93. The van der Waals surface area contributed by atoms with Gasteiger partial charge in [0.1, 0.15) is 0 Å². The van der Waals surface area contributed by atoms with E-state index in [9.17, 15) is 0 Å². The van der Waals surface area contributed by atoms with Crippen molar-refractivity contribution in [3.8, 4) is 0 Å². The SMILES string of the molecule is CC1CCC=C(CCC2CCNCC2)CC1. The molecule has 0 aromatic heterocycles. The standard InChI is InChI=1S/C15H27N/c1-13-3-2-4-14(6-5-13)7-8-15-9-11-16-12-10-15/h4,13,15-16H,2-3,5-12H2,1H3. The van der Waals surface area contributed by atoms with Gasteiger partial charge in [0.25, 0.3) is 0 Å². The summed E-state index contributed by atoms with van der Waals surface area (Å²) in [7, 11) is 0. The fraction of sp³-hybridized carbons (Fsp3) is 0.867. The molecule has 92 valence electrons. The molecule has 1 fully saturated rings. The van der Waals surface area contributed by atoms with Crippen molar-refractivity contribution in [3.05, 3.63) is 11.6 Å². The molecule has 16 heavy (non-hydrogen) atoms. The maximum Gasteiger partial charge on any atom is -0.00463 e. The Labute approximate surface area is 101 Å². The Bertz CT molecular complexity index is 226. The molecule has 1 heterocycles. The lowest BCUT2D eigenvalue weighted by molar-refractivity contribution is 0.352. The number of rotatable bonds is 3. The third-order valence-electron chi connectivity index (χ3n) is 4.38. The summed E-state index contributed by atoms with van der Waals surface area (Å²) in [4.78, 5) is 0. The molecule has 0 aromatic carbocycles. The molecule has 0 amide bonds. The number of hydrogen-bond donors (Lipinski definition) is 1. The Kier molecular flexibility index (Phi) is 4.90. The summed E-state index contributed by atoms with van der Waals surface area (Å²) in [6.45, 7) is 4.91. The van der Waals surface area contributed by atoms with Crippen molar-refractivity contribution >= 4 is 0 Å². The van der Waals surface area contributed by atoms with Crippen LogP contribution in [0.25, 0.3) is 0 Å². The molecular weight excluding hydrogens is 194 g/mol. The van der Waals surface area contributed by atoms with Crippen molar-refractivity contribution in [1.82, 2.24) is 5.32 Å². The first-order chi connectivity index (χ1) is 7.84. The van der Waals surface area contributed by atoms with Crippen LogP contribution >= 0.6 is 0 Å². The molecule has 1 aliphatic carbocycles. The topological polar surface area (TPSA) is 12.0 Å². The highest BCUT2D eigenvalue weighted by Crippen LogP contribution is 2.27. The van der Waals surface area contributed by atoms with Crippen molar-refractivity contribution in [3.63, 3.8) is 0 Å². The van der Waals surface area contributed by atoms with E-state index >= 15 is 0 Å². The van der Waals surface area contributed by atoms with E-state index in [2.05, 4.69) is 18.3 Å². The van der Waals surface area contributed by atoms with Gasteiger partial charge in [-0.2, -0.15) is 0 Å². The van der Waals surface area contributed by atoms with Crippen LogP contribution in [0.15, 0.2) is 11.6 Å². The minimum absolute atomic E-state index is 0.952. The quantitative estimate of drug-likeness (QED) is 0.713. The molecule has 1 nitrogen and oxygen atoms in total. The highest BCUT2D eigenvalue weighted by atomic mass is 14.9. The fourth-order valence-electron chi connectivity index (χ4n) is 3.04. The predicted octanol–water partition coefficient (Wildman–Crippen LogP) is 3.90. The van der Waals surface area contributed by atoms with Gasteiger partial charge in [-0.3, -0.25) is 0 Å². The second kappa shape index (κ2) is 6.44. The molecule has 1 saturated heterocycles. The van der Waals surface area contributed by atoms with Gasteiger partial charge in [0.05, 0.1) is 0 Å².